The van der Waals surface area contributed by atoms with Crippen LogP contribution >= 0.6 is 39.5 Å². The molecule has 0 bridgehead atoms. The first-order valence-corrected chi connectivity index (χ1v) is 5.09. The number of hydrogen-bond donors (Lipinski definition) is 1. The second-order valence-corrected chi connectivity index (χ2v) is 4.85. The largest absolute Gasteiger partial charge is 0.348 e. The topological polar surface area (TPSA) is 41.8 Å². The van der Waals surface area contributed by atoms with Gasteiger partial charge in [0.05, 0.1) is 8.66 Å². The summed E-state index contributed by atoms with van der Waals surface area (Å²) in [4.78, 5) is 5.21. The van der Waals surface area contributed by atoms with Crippen LogP contribution in [-0.4, -0.2) is 10.1 Å². The lowest BCUT2D eigenvalue weighted by molar-refractivity contribution is 0.406. The quantitative estimate of drug-likeness (QED) is 0.803. The predicted octanol–water partition coefficient (Wildman–Crippen LogP) is 3.22. The first kappa shape index (κ1) is 8.15. The van der Waals surface area contributed by atoms with Crippen molar-refractivity contribution in [2.45, 2.75) is 0 Å². The van der Waals surface area contributed by atoms with Gasteiger partial charge in [-0.15, -0.1) is 11.3 Å². The highest BCUT2D eigenvalue weighted by atomic mass is 79.9. The molecule has 2 aromatic heterocycles. The summed E-state index contributed by atoms with van der Waals surface area (Å²) < 4.78 is 5.85. The summed E-state index contributed by atoms with van der Waals surface area (Å²) in [7, 11) is 0. The maximum Gasteiger partial charge on any atom is 0.314 e. The minimum absolute atomic E-state index is 0.231. The molecule has 0 saturated carbocycles. The lowest BCUT2D eigenvalue weighted by atomic mass is 10.4. The number of nitrogens with one attached hydrogen (secondary N) is 1. The Kier molecular flexibility index (Phi) is 2.12. The minimum Gasteiger partial charge on any atom is -0.348 e. The van der Waals surface area contributed by atoms with Crippen LogP contribution in [0.4, 0.5) is 0 Å². The molecule has 3 nitrogen and oxygen atoms in total. The summed E-state index contributed by atoms with van der Waals surface area (Å²) in [5, 5.41) is 2.63. The summed E-state index contributed by atoms with van der Waals surface area (Å²) in [6.07, 6.45) is 0. The highest BCUT2D eigenvalue weighted by Gasteiger charge is 2.04. The van der Waals surface area contributed by atoms with E-state index in [0.717, 1.165) is 8.66 Å². The van der Waals surface area contributed by atoms with Crippen molar-refractivity contribution in [1.29, 1.82) is 0 Å². The van der Waals surface area contributed by atoms with Gasteiger partial charge in [-0.25, -0.2) is 0 Å². The average Bonchev–Trinajstić information content (AvgIpc) is 2.58. The number of thiophene rings is 1. The van der Waals surface area contributed by atoms with Gasteiger partial charge in [-0.1, -0.05) is 0 Å². The van der Waals surface area contributed by atoms with Crippen molar-refractivity contribution >= 4 is 39.5 Å². The molecule has 0 amide bonds. The molecule has 0 aliphatic heterocycles. The molecule has 0 aliphatic carbocycles. The van der Waals surface area contributed by atoms with Crippen molar-refractivity contribution in [3.63, 3.8) is 0 Å². The van der Waals surface area contributed by atoms with Crippen molar-refractivity contribution in [3.8, 4) is 10.7 Å². The van der Waals surface area contributed by atoms with Crippen LogP contribution in [0.2, 0.25) is 0 Å². The van der Waals surface area contributed by atoms with Crippen molar-refractivity contribution in [1.82, 2.24) is 10.1 Å². The first-order chi connectivity index (χ1) is 5.75. The lowest BCUT2D eigenvalue weighted by Gasteiger charge is -1.83. The Morgan fingerprint density at radius 1 is 1.58 bits per heavy atom. The standard InChI is InChI=1S/C6H3BrN2OS2/c7-4-2-1-3(12-4)5-8-6(11)10-9-5/h1-2H,(H,8,9,11). The lowest BCUT2D eigenvalue weighted by Crippen LogP contribution is -1.71. The molecule has 6 heteroatoms. The van der Waals surface area contributed by atoms with Gasteiger partial charge in [-0.3, -0.25) is 0 Å². The Hall–Kier alpha value is -0.460. The van der Waals surface area contributed by atoms with Crippen LogP contribution in [0.1, 0.15) is 0 Å². The summed E-state index contributed by atoms with van der Waals surface area (Å²) in [6.45, 7) is 0. The molecular formula is C6H3BrN2OS2. The Bertz CT molecular complexity index is 444. The number of aromatic nitrogens is 2. The fourth-order valence-electron chi connectivity index (χ4n) is 0.776. The van der Waals surface area contributed by atoms with Crippen molar-refractivity contribution in [2.75, 3.05) is 0 Å². The molecule has 0 unspecified atom stereocenters. The van der Waals surface area contributed by atoms with E-state index >= 15 is 0 Å². The molecule has 0 aromatic carbocycles. The van der Waals surface area contributed by atoms with Gasteiger partial charge in [0, 0.05) is 0 Å². The third kappa shape index (κ3) is 1.50. The molecule has 0 radical (unpaired) electrons. The number of hydrogen-bond acceptors (Lipinski definition) is 4. The first-order valence-electron chi connectivity index (χ1n) is 3.07. The normalized spacial score (nSPS) is 10.4. The summed E-state index contributed by atoms with van der Waals surface area (Å²) >= 11 is 9.65. The molecule has 12 heavy (non-hydrogen) atoms. The van der Waals surface area contributed by atoms with E-state index in [1.807, 2.05) is 12.1 Å². The van der Waals surface area contributed by atoms with Crippen LogP contribution in [0.25, 0.3) is 10.7 Å². The van der Waals surface area contributed by atoms with E-state index in [0.29, 0.717) is 5.82 Å². The molecule has 0 aliphatic rings. The number of halogens is 1. The Labute approximate surface area is 85.5 Å². The highest BCUT2D eigenvalue weighted by Crippen LogP contribution is 2.28. The van der Waals surface area contributed by atoms with Gasteiger partial charge in [0.25, 0.3) is 0 Å². The number of rotatable bonds is 1. The predicted molar refractivity (Wildman–Crippen MR) is 52.7 cm³/mol. The molecule has 1 N–H and O–H groups in total. The molecule has 2 heterocycles. The summed E-state index contributed by atoms with van der Waals surface area (Å²) in [5.41, 5.74) is 0. The van der Waals surface area contributed by atoms with Gasteiger partial charge in [0.2, 0.25) is 0 Å². The molecule has 62 valence electrons. The molecule has 0 saturated heterocycles. The van der Waals surface area contributed by atoms with E-state index in [4.69, 9.17) is 16.7 Å². The van der Waals surface area contributed by atoms with Crippen LogP contribution in [0.5, 0.6) is 0 Å². The van der Waals surface area contributed by atoms with Crippen molar-refractivity contribution < 1.29 is 4.52 Å². The molecule has 0 fully saturated rings. The molecule has 0 atom stereocenters. The minimum atomic E-state index is 0.231. The van der Waals surface area contributed by atoms with Gasteiger partial charge in [0.1, 0.15) is 0 Å². The number of H-pyrrole nitrogens is 1. The van der Waals surface area contributed by atoms with E-state index in [1.165, 1.54) is 0 Å². The van der Waals surface area contributed by atoms with Gasteiger partial charge in [-0.2, -0.15) is 10.1 Å². The molecular weight excluding hydrogens is 260 g/mol. The summed E-state index contributed by atoms with van der Waals surface area (Å²) in [6, 6.07) is 3.89. The van der Waals surface area contributed by atoms with E-state index in [1.54, 1.807) is 11.3 Å². The van der Waals surface area contributed by atoms with Gasteiger partial charge in [-0.05, 0) is 40.3 Å². The molecule has 2 aromatic rings. The average molecular weight is 263 g/mol. The zero-order chi connectivity index (χ0) is 8.55. The number of aromatic amines is 1. The van der Waals surface area contributed by atoms with E-state index in [9.17, 15) is 0 Å². The van der Waals surface area contributed by atoms with Gasteiger partial charge in [0.15, 0.2) is 5.82 Å². The number of nitrogens with zero attached hydrogens (tertiary/aromatic N) is 1. The van der Waals surface area contributed by atoms with Crippen LogP contribution in [0, 0.1) is 4.84 Å². The fraction of sp³-hybridized carbons (Fsp3) is 0. The third-order valence-corrected chi connectivity index (χ3v) is 3.05. The van der Waals surface area contributed by atoms with Gasteiger partial charge < -0.3 is 4.52 Å². The monoisotopic (exact) mass is 262 g/mol. The van der Waals surface area contributed by atoms with Crippen LogP contribution in [0.15, 0.2) is 20.4 Å². The Morgan fingerprint density at radius 2 is 2.42 bits per heavy atom. The second kappa shape index (κ2) is 3.12. The molecule has 0 spiro atoms. The van der Waals surface area contributed by atoms with E-state index < -0.39 is 0 Å². The second-order valence-electron chi connectivity index (χ2n) is 2.03. The van der Waals surface area contributed by atoms with Crippen LogP contribution in [-0.2, 0) is 0 Å². The zero-order valence-electron chi connectivity index (χ0n) is 5.70. The maximum atomic E-state index is 4.80. The van der Waals surface area contributed by atoms with Crippen LogP contribution < -0.4 is 0 Å². The Morgan fingerprint density at radius 3 is 2.92 bits per heavy atom. The highest BCUT2D eigenvalue weighted by molar-refractivity contribution is 9.11. The van der Waals surface area contributed by atoms with Crippen molar-refractivity contribution in [3.05, 3.63) is 20.8 Å². The Balaban J connectivity index is 2.50. The summed E-state index contributed by atoms with van der Waals surface area (Å²) in [5.74, 6) is 0.677. The van der Waals surface area contributed by atoms with Crippen molar-refractivity contribution in [2.24, 2.45) is 0 Å². The van der Waals surface area contributed by atoms with Crippen LogP contribution in [0.3, 0.4) is 0 Å². The molecule has 2 rings (SSSR count). The SMILES string of the molecule is S=c1nc(-c2ccc(Br)s2)[nH]o1. The van der Waals surface area contributed by atoms with E-state index in [-0.39, 0.29) is 4.84 Å². The zero-order valence-corrected chi connectivity index (χ0v) is 8.92. The van der Waals surface area contributed by atoms with E-state index in [2.05, 4.69) is 26.1 Å². The maximum absolute atomic E-state index is 4.80. The smallest absolute Gasteiger partial charge is 0.314 e. The fourth-order valence-corrected chi connectivity index (χ4v) is 2.23. The third-order valence-electron chi connectivity index (χ3n) is 1.24. The van der Waals surface area contributed by atoms with Gasteiger partial charge >= 0.3 is 4.84 Å².